The summed E-state index contributed by atoms with van der Waals surface area (Å²) in [6.45, 7) is 0. The second kappa shape index (κ2) is 5.77. The van der Waals surface area contributed by atoms with Gasteiger partial charge in [-0.3, -0.25) is 4.72 Å². The molecule has 0 saturated heterocycles. The molecule has 0 aliphatic heterocycles. The van der Waals surface area contributed by atoms with Gasteiger partial charge < -0.3 is 0 Å². The highest BCUT2D eigenvalue weighted by molar-refractivity contribution is 7.91. The lowest BCUT2D eigenvalue weighted by Gasteiger charge is -2.11. The number of anilines is 1. The van der Waals surface area contributed by atoms with E-state index >= 15 is 0 Å². The lowest BCUT2D eigenvalue weighted by molar-refractivity contribution is -0.137. The van der Waals surface area contributed by atoms with E-state index in [2.05, 4.69) is 4.72 Å². The minimum Gasteiger partial charge on any atom is -0.283 e. The topological polar surface area (TPSA) is 46.2 Å². The molecule has 0 spiro atoms. The minimum absolute atomic E-state index is 0.110. The van der Waals surface area contributed by atoms with Gasteiger partial charge in [-0.1, -0.05) is 36.4 Å². The second-order valence-electron chi connectivity index (χ2n) is 4.43. The second-order valence-corrected chi connectivity index (χ2v) is 6.15. The van der Waals surface area contributed by atoms with Crippen LogP contribution in [0.4, 0.5) is 18.9 Å². The highest BCUT2D eigenvalue weighted by Crippen LogP contribution is 2.30. The monoisotopic (exact) mass is 315 g/mol. The van der Waals surface area contributed by atoms with Crippen molar-refractivity contribution in [2.75, 3.05) is 4.72 Å². The highest BCUT2D eigenvalue weighted by Gasteiger charge is 2.30. The van der Waals surface area contributed by atoms with Gasteiger partial charge in [0.05, 0.1) is 11.3 Å². The normalized spacial score (nSPS) is 12.1. The summed E-state index contributed by atoms with van der Waals surface area (Å²) in [4.78, 5) is 0. The number of alkyl halides is 3. The fourth-order valence-electron chi connectivity index (χ4n) is 1.77. The van der Waals surface area contributed by atoms with Crippen molar-refractivity contribution in [1.29, 1.82) is 0 Å². The van der Waals surface area contributed by atoms with Crippen LogP contribution in [0.15, 0.2) is 54.6 Å². The SMILES string of the molecule is O=S(=O)(Cc1ccccc1)Nc1cccc(C(F)(F)F)c1. The van der Waals surface area contributed by atoms with Crippen molar-refractivity contribution in [3.63, 3.8) is 0 Å². The van der Waals surface area contributed by atoms with Crippen molar-refractivity contribution < 1.29 is 21.6 Å². The number of benzene rings is 2. The average molecular weight is 315 g/mol. The summed E-state index contributed by atoms with van der Waals surface area (Å²) in [7, 11) is -3.77. The first-order chi connectivity index (χ1) is 9.76. The molecule has 0 aromatic heterocycles. The molecule has 0 amide bonds. The smallest absolute Gasteiger partial charge is 0.283 e. The van der Waals surface area contributed by atoms with Crippen LogP contribution in [0, 0.1) is 0 Å². The lowest BCUT2D eigenvalue weighted by Crippen LogP contribution is -2.15. The molecule has 2 rings (SSSR count). The van der Waals surface area contributed by atoms with E-state index in [0.717, 1.165) is 18.2 Å². The molecule has 7 heteroatoms. The van der Waals surface area contributed by atoms with Crippen LogP contribution >= 0.6 is 0 Å². The Balaban J connectivity index is 2.17. The third-order valence-corrected chi connectivity index (χ3v) is 3.92. The van der Waals surface area contributed by atoms with Gasteiger partial charge in [0.15, 0.2) is 0 Å². The number of hydrogen-bond donors (Lipinski definition) is 1. The van der Waals surface area contributed by atoms with Crippen molar-refractivity contribution in [3.05, 3.63) is 65.7 Å². The van der Waals surface area contributed by atoms with Crippen LogP contribution in [-0.2, 0) is 22.0 Å². The van der Waals surface area contributed by atoms with E-state index in [0.29, 0.717) is 5.56 Å². The molecule has 0 bridgehead atoms. The van der Waals surface area contributed by atoms with E-state index in [1.807, 2.05) is 0 Å². The molecular weight excluding hydrogens is 303 g/mol. The largest absolute Gasteiger partial charge is 0.416 e. The van der Waals surface area contributed by atoms with Gasteiger partial charge in [0.1, 0.15) is 0 Å². The highest BCUT2D eigenvalue weighted by atomic mass is 32.2. The van der Waals surface area contributed by atoms with Gasteiger partial charge in [-0.15, -0.1) is 0 Å². The summed E-state index contributed by atoms with van der Waals surface area (Å²) in [6.07, 6.45) is -4.51. The Morgan fingerprint density at radius 3 is 2.24 bits per heavy atom. The molecule has 1 N–H and O–H groups in total. The predicted octanol–water partition coefficient (Wildman–Crippen LogP) is 3.65. The summed E-state index contributed by atoms with van der Waals surface area (Å²) in [5.74, 6) is -0.302. The molecule has 0 aliphatic carbocycles. The number of sulfonamides is 1. The van der Waals surface area contributed by atoms with Crippen LogP contribution in [0.5, 0.6) is 0 Å². The van der Waals surface area contributed by atoms with E-state index < -0.39 is 21.8 Å². The zero-order valence-electron chi connectivity index (χ0n) is 10.8. The zero-order valence-corrected chi connectivity index (χ0v) is 11.6. The fraction of sp³-hybridized carbons (Fsp3) is 0.143. The van der Waals surface area contributed by atoms with Crippen molar-refractivity contribution >= 4 is 15.7 Å². The van der Waals surface area contributed by atoms with Gasteiger partial charge >= 0.3 is 6.18 Å². The molecule has 0 heterocycles. The van der Waals surface area contributed by atoms with Crippen LogP contribution in [-0.4, -0.2) is 8.42 Å². The van der Waals surface area contributed by atoms with E-state index in [1.165, 1.54) is 6.07 Å². The maximum atomic E-state index is 12.6. The molecule has 0 unspecified atom stereocenters. The number of halogens is 3. The third kappa shape index (κ3) is 4.49. The molecule has 2 aromatic rings. The maximum Gasteiger partial charge on any atom is 0.416 e. The summed E-state index contributed by atoms with van der Waals surface area (Å²) >= 11 is 0. The Labute approximate surface area is 120 Å². The van der Waals surface area contributed by atoms with E-state index in [1.54, 1.807) is 30.3 Å². The molecule has 2 aromatic carbocycles. The average Bonchev–Trinajstić information content (AvgIpc) is 2.38. The molecule has 0 radical (unpaired) electrons. The molecule has 112 valence electrons. The van der Waals surface area contributed by atoms with Gasteiger partial charge in [0, 0.05) is 5.69 Å². The van der Waals surface area contributed by atoms with Crippen LogP contribution in [0.25, 0.3) is 0 Å². The maximum absolute atomic E-state index is 12.6. The zero-order chi connectivity index (χ0) is 15.5. The van der Waals surface area contributed by atoms with Gasteiger partial charge in [0.2, 0.25) is 10.0 Å². The minimum atomic E-state index is -4.51. The number of hydrogen-bond acceptors (Lipinski definition) is 2. The molecule has 0 fully saturated rings. The predicted molar refractivity (Wildman–Crippen MR) is 74.1 cm³/mol. The molecule has 21 heavy (non-hydrogen) atoms. The fourth-order valence-corrected chi connectivity index (χ4v) is 2.96. The molecule has 0 saturated carbocycles. The van der Waals surface area contributed by atoms with Crippen molar-refractivity contribution in [2.24, 2.45) is 0 Å². The first-order valence-electron chi connectivity index (χ1n) is 5.98. The van der Waals surface area contributed by atoms with Crippen molar-refractivity contribution in [1.82, 2.24) is 0 Å². The van der Waals surface area contributed by atoms with Crippen LogP contribution < -0.4 is 4.72 Å². The Kier molecular flexibility index (Phi) is 4.22. The van der Waals surface area contributed by atoms with Gasteiger partial charge in [-0.25, -0.2) is 8.42 Å². The first-order valence-corrected chi connectivity index (χ1v) is 7.63. The van der Waals surface area contributed by atoms with Crippen molar-refractivity contribution in [2.45, 2.75) is 11.9 Å². The summed E-state index contributed by atoms with van der Waals surface area (Å²) < 4.78 is 63.7. The van der Waals surface area contributed by atoms with Crippen LogP contribution in [0.3, 0.4) is 0 Å². The van der Waals surface area contributed by atoms with Crippen molar-refractivity contribution in [3.8, 4) is 0 Å². The Morgan fingerprint density at radius 2 is 1.62 bits per heavy atom. The molecule has 3 nitrogen and oxygen atoms in total. The van der Waals surface area contributed by atoms with E-state index in [9.17, 15) is 21.6 Å². The lowest BCUT2D eigenvalue weighted by atomic mass is 10.2. The third-order valence-electron chi connectivity index (χ3n) is 2.66. The van der Waals surface area contributed by atoms with E-state index in [-0.39, 0.29) is 11.4 Å². The van der Waals surface area contributed by atoms with Crippen LogP contribution in [0.1, 0.15) is 11.1 Å². The summed E-state index contributed by atoms with van der Waals surface area (Å²) in [6, 6.07) is 12.5. The Hall–Kier alpha value is -2.02. The quantitative estimate of drug-likeness (QED) is 0.936. The summed E-state index contributed by atoms with van der Waals surface area (Å²) in [5.41, 5.74) is -0.458. The van der Waals surface area contributed by atoms with Crippen LogP contribution in [0.2, 0.25) is 0 Å². The Morgan fingerprint density at radius 1 is 0.952 bits per heavy atom. The molecule has 0 atom stereocenters. The van der Waals surface area contributed by atoms with Gasteiger partial charge in [-0.2, -0.15) is 13.2 Å². The van der Waals surface area contributed by atoms with E-state index in [4.69, 9.17) is 0 Å². The van der Waals surface area contributed by atoms with Gasteiger partial charge in [0.25, 0.3) is 0 Å². The molecule has 0 aliphatic rings. The first kappa shape index (κ1) is 15.4. The molecular formula is C14H12F3NO2S. The standard InChI is InChI=1S/C14H12F3NO2S/c15-14(16,17)12-7-4-8-13(9-12)18-21(19,20)10-11-5-2-1-3-6-11/h1-9,18H,10H2. The number of nitrogens with one attached hydrogen (secondary N) is 1. The number of rotatable bonds is 4. The Bertz CT molecular complexity index is 712. The van der Waals surface area contributed by atoms with Gasteiger partial charge in [-0.05, 0) is 23.8 Å². The summed E-state index contributed by atoms with van der Waals surface area (Å²) in [5, 5.41) is 0.